The van der Waals surface area contributed by atoms with E-state index >= 15 is 0 Å². The number of benzene rings is 1. The number of amides is 2. The van der Waals surface area contributed by atoms with Crippen LogP contribution in [-0.4, -0.2) is 33.5 Å². The van der Waals surface area contributed by atoms with Gasteiger partial charge < -0.3 is 10.2 Å². The molecule has 2 aromatic rings. The summed E-state index contributed by atoms with van der Waals surface area (Å²) in [6.45, 7) is 6.75. The van der Waals surface area contributed by atoms with Crippen molar-refractivity contribution in [3.8, 4) is 0 Å². The fourth-order valence-corrected chi connectivity index (χ4v) is 2.30. The van der Waals surface area contributed by atoms with Crippen LogP contribution in [0.2, 0.25) is 0 Å². The zero-order valence-electron chi connectivity index (χ0n) is 14.0. The fourth-order valence-electron chi connectivity index (χ4n) is 2.30. The van der Waals surface area contributed by atoms with Crippen LogP contribution in [0.1, 0.15) is 18.1 Å². The number of aryl methyl sites for hydroxylation is 1. The van der Waals surface area contributed by atoms with Gasteiger partial charge in [-0.3, -0.25) is 14.3 Å². The number of nitrogens with one attached hydrogen (secondary N) is 1. The van der Waals surface area contributed by atoms with E-state index in [1.54, 1.807) is 24.2 Å². The van der Waals surface area contributed by atoms with E-state index in [0.29, 0.717) is 12.2 Å². The first-order chi connectivity index (χ1) is 11.5. The fraction of sp³-hybridized carbons (Fsp3) is 0.278. The molecule has 0 unspecified atom stereocenters. The maximum absolute atomic E-state index is 12.5. The minimum atomic E-state index is -0.296. The van der Waals surface area contributed by atoms with Gasteiger partial charge in [-0.15, -0.1) is 0 Å². The monoisotopic (exact) mass is 326 g/mol. The first-order valence-corrected chi connectivity index (χ1v) is 7.80. The van der Waals surface area contributed by atoms with Gasteiger partial charge in [-0.1, -0.05) is 24.8 Å². The second-order valence-corrected chi connectivity index (χ2v) is 5.48. The van der Waals surface area contributed by atoms with Gasteiger partial charge in [0.05, 0.1) is 12.6 Å². The summed E-state index contributed by atoms with van der Waals surface area (Å²) in [7, 11) is 1.76. The largest absolute Gasteiger partial charge is 0.341 e. The van der Waals surface area contributed by atoms with Crippen molar-refractivity contribution in [2.24, 2.45) is 0 Å². The number of nitrogens with zero attached hydrogens (tertiary/aromatic N) is 3. The van der Waals surface area contributed by atoms with Crippen LogP contribution in [0.15, 0.2) is 49.3 Å². The van der Waals surface area contributed by atoms with Gasteiger partial charge in [-0.25, -0.2) is 0 Å². The Morgan fingerprint density at radius 2 is 2.12 bits per heavy atom. The minimum absolute atomic E-state index is 0.0282. The van der Waals surface area contributed by atoms with Gasteiger partial charge in [0.2, 0.25) is 11.8 Å². The summed E-state index contributed by atoms with van der Waals surface area (Å²) in [6, 6.07) is 7.27. The van der Waals surface area contributed by atoms with Crippen molar-refractivity contribution in [1.29, 1.82) is 0 Å². The van der Waals surface area contributed by atoms with E-state index in [0.717, 1.165) is 17.7 Å². The number of anilines is 1. The molecule has 0 spiro atoms. The van der Waals surface area contributed by atoms with E-state index < -0.39 is 0 Å². The Morgan fingerprint density at radius 1 is 1.38 bits per heavy atom. The molecule has 2 amide bonds. The number of hydrogen-bond donors (Lipinski definition) is 1. The van der Waals surface area contributed by atoms with E-state index in [4.69, 9.17) is 0 Å². The van der Waals surface area contributed by atoms with Crippen molar-refractivity contribution in [2.75, 3.05) is 12.4 Å². The Balaban J connectivity index is 2.03. The van der Waals surface area contributed by atoms with E-state index in [1.165, 1.54) is 6.08 Å². The molecule has 126 valence electrons. The van der Waals surface area contributed by atoms with Crippen molar-refractivity contribution in [3.63, 3.8) is 0 Å². The minimum Gasteiger partial charge on any atom is -0.341 e. The van der Waals surface area contributed by atoms with Crippen molar-refractivity contribution in [1.82, 2.24) is 14.7 Å². The Hall–Kier alpha value is -2.89. The van der Waals surface area contributed by atoms with Crippen LogP contribution in [0, 0.1) is 0 Å². The smallest absolute Gasteiger partial charge is 0.247 e. The van der Waals surface area contributed by atoms with Gasteiger partial charge >= 0.3 is 0 Å². The van der Waals surface area contributed by atoms with E-state index in [9.17, 15) is 9.59 Å². The third-order valence-electron chi connectivity index (χ3n) is 3.66. The highest BCUT2D eigenvalue weighted by Gasteiger charge is 2.14. The summed E-state index contributed by atoms with van der Waals surface area (Å²) in [5.74, 6) is -0.324. The van der Waals surface area contributed by atoms with Gasteiger partial charge in [-0.05, 0) is 24.6 Å². The Labute approximate surface area is 141 Å². The normalized spacial score (nSPS) is 10.2. The molecule has 0 atom stereocenters. The SMILES string of the molecule is C=CC(=O)Nc1ccccc1CC(=O)N(C)Cc1cnn(CC)c1. The second-order valence-electron chi connectivity index (χ2n) is 5.48. The average Bonchev–Trinajstić information content (AvgIpc) is 3.04. The van der Waals surface area contributed by atoms with Crippen LogP contribution in [0.4, 0.5) is 5.69 Å². The van der Waals surface area contributed by atoms with Crippen molar-refractivity contribution < 1.29 is 9.59 Å². The van der Waals surface area contributed by atoms with Crippen LogP contribution >= 0.6 is 0 Å². The molecular formula is C18H22N4O2. The Bertz CT molecular complexity index is 736. The molecule has 0 bridgehead atoms. The topological polar surface area (TPSA) is 67.2 Å². The second kappa shape index (κ2) is 8.10. The quantitative estimate of drug-likeness (QED) is 0.793. The summed E-state index contributed by atoms with van der Waals surface area (Å²) in [6.07, 6.45) is 5.12. The molecule has 1 aromatic heterocycles. The zero-order valence-corrected chi connectivity index (χ0v) is 14.0. The van der Waals surface area contributed by atoms with E-state index in [1.807, 2.05) is 36.0 Å². The number of hydrogen-bond acceptors (Lipinski definition) is 3. The maximum atomic E-state index is 12.5. The van der Waals surface area contributed by atoms with Gasteiger partial charge in [0.15, 0.2) is 0 Å². The summed E-state index contributed by atoms with van der Waals surface area (Å²) in [5, 5.41) is 6.93. The van der Waals surface area contributed by atoms with Gasteiger partial charge in [-0.2, -0.15) is 5.10 Å². The number of likely N-dealkylation sites (N-methyl/N-ethyl adjacent to an activating group) is 1. The first kappa shape index (κ1) is 17.5. The van der Waals surface area contributed by atoms with Crippen LogP contribution in [0.25, 0.3) is 0 Å². The summed E-state index contributed by atoms with van der Waals surface area (Å²) in [5.41, 5.74) is 2.39. The summed E-state index contributed by atoms with van der Waals surface area (Å²) in [4.78, 5) is 25.6. The molecule has 0 saturated heterocycles. The highest BCUT2D eigenvalue weighted by atomic mass is 16.2. The predicted molar refractivity (Wildman–Crippen MR) is 93.3 cm³/mol. The molecule has 1 aromatic carbocycles. The molecule has 24 heavy (non-hydrogen) atoms. The molecule has 6 heteroatoms. The van der Waals surface area contributed by atoms with Crippen LogP contribution in [-0.2, 0) is 29.1 Å². The Kier molecular flexibility index (Phi) is 5.89. The molecule has 1 heterocycles. The molecular weight excluding hydrogens is 304 g/mol. The average molecular weight is 326 g/mol. The summed E-state index contributed by atoms with van der Waals surface area (Å²) >= 11 is 0. The van der Waals surface area contributed by atoms with Gasteiger partial charge in [0.25, 0.3) is 0 Å². The van der Waals surface area contributed by atoms with Crippen molar-refractivity contribution in [2.45, 2.75) is 26.4 Å². The first-order valence-electron chi connectivity index (χ1n) is 7.80. The van der Waals surface area contributed by atoms with Gasteiger partial charge in [0, 0.05) is 37.6 Å². The molecule has 1 N–H and O–H groups in total. The molecule has 0 aliphatic carbocycles. The van der Waals surface area contributed by atoms with Crippen LogP contribution in [0.5, 0.6) is 0 Å². The number of carbonyl (C=O) groups is 2. The molecule has 2 rings (SSSR count). The highest BCUT2D eigenvalue weighted by Crippen LogP contribution is 2.17. The molecule has 0 radical (unpaired) electrons. The number of rotatable bonds is 7. The lowest BCUT2D eigenvalue weighted by atomic mass is 10.1. The lowest BCUT2D eigenvalue weighted by Gasteiger charge is -2.17. The molecule has 6 nitrogen and oxygen atoms in total. The lowest BCUT2D eigenvalue weighted by Crippen LogP contribution is -2.28. The third-order valence-corrected chi connectivity index (χ3v) is 3.66. The zero-order chi connectivity index (χ0) is 17.5. The van der Waals surface area contributed by atoms with Crippen molar-refractivity contribution >= 4 is 17.5 Å². The third kappa shape index (κ3) is 4.55. The Morgan fingerprint density at radius 3 is 2.79 bits per heavy atom. The molecule has 0 aliphatic rings. The number of carbonyl (C=O) groups excluding carboxylic acids is 2. The van der Waals surface area contributed by atoms with E-state index in [-0.39, 0.29) is 18.2 Å². The number of para-hydroxylation sites is 1. The van der Waals surface area contributed by atoms with Crippen LogP contribution in [0.3, 0.4) is 0 Å². The number of aromatic nitrogens is 2. The van der Waals surface area contributed by atoms with Crippen LogP contribution < -0.4 is 5.32 Å². The van der Waals surface area contributed by atoms with E-state index in [2.05, 4.69) is 17.0 Å². The molecule has 0 saturated carbocycles. The summed E-state index contributed by atoms with van der Waals surface area (Å²) < 4.78 is 1.83. The van der Waals surface area contributed by atoms with Crippen molar-refractivity contribution in [3.05, 3.63) is 60.4 Å². The predicted octanol–water partition coefficient (Wildman–Crippen LogP) is 2.23. The molecule has 0 fully saturated rings. The highest BCUT2D eigenvalue weighted by molar-refractivity contribution is 5.99. The lowest BCUT2D eigenvalue weighted by molar-refractivity contribution is -0.129. The maximum Gasteiger partial charge on any atom is 0.247 e. The van der Waals surface area contributed by atoms with Gasteiger partial charge in [0.1, 0.15) is 0 Å². The standard InChI is InChI=1S/C18H22N4O2/c1-4-17(23)20-16-9-7-6-8-15(16)10-18(24)21(3)12-14-11-19-22(5-2)13-14/h4,6-9,11,13H,1,5,10,12H2,2-3H3,(H,20,23). The molecule has 0 aliphatic heterocycles.